The van der Waals surface area contributed by atoms with Crippen molar-refractivity contribution in [2.75, 3.05) is 13.1 Å². The van der Waals surface area contributed by atoms with Crippen LogP contribution in [-0.4, -0.2) is 41.1 Å². The van der Waals surface area contributed by atoms with Gasteiger partial charge in [0.05, 0.1) is 17.8 Å². The van der Waals surface area contributed by atoms with Gasteiger partial charge in [0.1, 0.15) is 6.61 Å². The molecule has 0 spiro atoms. The predicted octanol–water partition coefficient (Wildman–Crippen LogP) is 2.91. The molecule has 0 unspecified atom stereocenters. The summed E-state index contributed by atoms with van der Waals surface area (Å²) in [5, 5.41) is 0. The van der Waals surface area contributed by atoms with E-state index in [0.717, 1.165) is 5.56 Å². The maximum absolute atomic E-state index is 12.6. The average Bonchev–Trinajstić information content (AvgIpc) is 2.60. The zero-order chi connectivity index (χ0) is 16.9. The molecular weight excluding hydrogens is 304 g/mol. The summed E-state index contributed by atoms with van der Waals surface area (Å²) in [6.07, 6.45) is 1.69. The number of benzene rings is 1. The Balaban J connectivity index is 1.60. The molecule has 0 saturated carbocycles. The van der Waals surface area contributed by atoms with Crippen LogP contribution in [0.4, 0.5) is 0 Å². The van der Waals surface area contributed by atoms with Crippen LogP contribution in [0.1, 0.15) is 29.8 Å². The molecule has 1 amide bonds. The number of morpholine rings is 1. The quantitative estimate of drug-likeness (QED) is 0.867. The first-order valence-electron chi connectivity index (χ1n) is 8.19. The zero-order valence-electron chi connectivity index (χ0n) is 14.0. The molecule has 1 fully saturated rings. The number of aromatic nitrogens is 1. The highest BCUT2D eigenvalue weighted by Crippen LogP contribution is 2.16. The number of amides is 1. The Bertz CT molecular complexity index is 663. The van der Waals surface area contributed by atoms with Gasteiger partial charge in [0.15, 0.2) is 0 Å². The van der Waals surface area contributed by atoms with Gasteiger partial charge < -0.3 is 14.4 Å². The lowest BCUT2D eigenvalue weighted by Gasteiger charge is -2.35. The SMILES string of the molecule is C[C@@H]1CN(C(=O)c2ccc(OCc3ccccc3)nc2)C[C@H](C)O1. The van der Waals surface area contributed by atoms with Gasteiger partial charge in [-0.2, -0.15) is 0 Å². The second-order valence-corrected chi connectivity index (χ2v) is 6.13. The van der Waals surface area contributed by atoms with Crippen LogP contribution in [0.3, 0.4) is 0 Å². The molecule has 5 heteroatoms. The van der Waals surface area contributed by atoms with Gasteiger partial charge >= 0.3 is 0 Å². The molecule has 1 aliphatic rings. The number of rotatable bonds is 4. The highest BCUT2D eigenvalue weighted by atomic mass is 16.5. The van der Waals surface area contributed by atoms with E-state index in [9.17, 15) is 4.79 Å². The van der Waals surface area contributed by atoms with Gasteiger partial charge in [-0.25, -0.2) is 4.98 Å². The van der Waals surface area contributed by atoms with E-state index >= 15 is 0 Å². The molecule has 2 heterocycles. The molecule has 0 aliphatic carbocycles. The topological polar surface area (TPSA) is 51.7 Å². The summed E-state index contributed by atoms with van der Waals surface area (Å²) in [6.45, 7) is 5.63. The Morgan fingerprint density at radius 3 is 2.50 bits per heavy atom. The first kappa shape index (κ1) is 16.5. The van der Waals surface area contributed by atoms with Crippen molar-refractivity contribution >= 4 is 5.91 Å². The number of pyridine rings is 1. The van der Waals surface area contributed by atoms with Crippen LogP contribution in [0.25, 0.3) is 0 Å². The van der Waals surface area contributed by atoms with E-state index in [0.29, 0.717) is 31.1 Å². The van der Waals surface area contributed by atoms with Gasteiger partial charge in [-0.15, -0.1) is 0 Å². The molecule has 24 heavy (non-hydrogen) atoms. The van der Waals surface area contributed by atoms with Crippen molar-refractivity contribution < 1.29 is 14.3 Å². The Morgan fingerprint density at radius 2 is 1.88 bits per heavy atom. The van der Waals surface area contributed by atoms with Crippen molar-refractivity contribution in [3.05, 3.63) is 59.8 Å². The van der Waals surface area contributed by atoms with Crippen molar-refractivity contribution in [3.63, 3.8) is 0 Å². The minimum Gasteiger partial charge on any atom is -0.473 e. The Morgan fingerprint density at radius 1 is 1.17 bits per heavy atom. The van der Waals surface area contributed by atoms with E-state index in [1.807, 2.05) is 49.1 Å². The first-order chi connectivity index (χ1) is 11.6. The minimum absolute atomic E-state index is 0.0147. The molecule has 1 aliphatic heterocycles. The van der Waals surface area contributed by atoms with Crippen molar-refractivity contribution in [3.8, 4) is 5.88 Å². The van der Waals surface area contributed by atoms with Crippen LogP contribution in [0.2, 0.25) is 0 Å². The molecule has 2 aromatic rings. The maximum atomic E-state index is 12.6. The second-order valence-electron chi connectivity index (χ2n) is 6.13. The summed E-state index contributed by atoms with van der Waals surface area (Å²) >= 11 is 0. The van der Waals surface area contributed by atoms with E-state index in [1.54, 1.807) is 18.3 Å². The fourth-order valence-electron chi connectivity index (χ4n) is 2.85. The number of carbonyl (C=O) groups is 1. The molecule has 1 aromatic carbocycles. The van der Waals surface area contributed by atoms with Crippen molar-refractivity contribution in [1.82, 2.24) is 9.88 Å². The number of carbonyl (C=O) groups excluding carboxylic acids is 1. The molecule has 126 valence electrons. The van der Waals surface area contributed by atoms with E-state index in [-0.39, 0.29) is 18.1 Å². The lowest BCUT2D eigenvalue weighted by atomic mass is 10.2. The smallest absolute Gasteiger partial charge is 0.255 e. The highest BCUT2D eigenvalue weighted by Gasteiger charge is 2.26. The summed E-state index contributed by atoms with van der Waals surface area (Å²) in [6, 6.07) is 13.4. The van der Waals surface area contributed by atoms with Gasteiger partial charge in [0.25, 0.3) is 5.91 Å². The molecule has 5 nitrogen and oxygen atoms in total. The summed E-state index contributed by atoms with van der Waals surface area (Å²) in [4.78, 5) is 18.6. The molecule has 2 atom stereocenters. The van der Waals surface area contributed by atoms with Gasteiger partial charge in [-0.3, -0.25) is 4.79 Å². The Kier molecular flexibility index (Phi) is 5.11. The molecule has 0 N–H and O–H groups in total. The summed E-state index contributed by atoms with van der Waals surface area (Å²) < 4.78 is 11.3. The fraction of sp³-hybridized carbons (Fsp3) is 0.368. The number of hydrogen-bond acceptors (Lipinski definition) is 4. The second kappa shape index (κ2) is 7.45. The summed E-state index contributed by atoms with van der Waals surface area (Å²) in [5.74, 6) is 0.498. The molecule has 3 rings (SSSR count). The Hall–Kier alpha value is -2.40. The largest absolute Gasteiger partial charge is 0.473 e. The predicted molar refractivity (Wildman–Crippen MR) is 90.9 cm³/mol. The highest BCUT2D eigenvalue weighted by molar-refractivity contribution is 5.94. The van der Waals surface area contributed by atoms with Crippen molar-refractivity contribution in [2.24, 2.45) is 0 Å². The van der Waals surface area contributed by atoms with Crippen molar-refractivity contribution in [2.45, 2.75) is 32.7 Å². The first-order valence-corrected chi connectivity index (χ1v) is 8.19. The van der Waals surface area contributed by atoms with Crippen LogP contribution < -0.4 is 4.74 Å². The minimum atomic E-state index is -0.0147. The van der Waals surface area contributed by atoms with E-state index in [2.05, 4.69) is 4.98 Å². The van der Waals surface area contributed by atoms with Crippen LogP contribution in [0, 0.1) is 0 Å². The van der Waals surface area contributed by atoms with Gasteiger partial charge in [0.2, 0.25) is 5.88 Å². The normalized spacial score (nSPS) is 20.7. The molecule has 0 radical (unpaired) electrons. The Labute approximate surface area is 142 Å². The number of nitrogens with zero attached hydrogens (tertiary/aromatic N) is 2. The van der Waals surface area contributed by atoms with E-state index < -0.39 is 0 Å². The fourth-order valence-corrected chi connectivity index (χ4v) is 2.85. The molecular formula is C19H22N2O3. The van der Waals surface area contributed by atoms with Gasteiger partial charge in [0, 0.05) is 25.4 Å². The zero-order valence-corrected chi connectivity index (χ0v) is 14.0. The summed E-state index contributed by atoms with van der Waals surface area (Å²) in [5.41, 5.74) is 1.65. The van der Waals surface area contributed by atoms with Crippen LogP contribution in [0.15, 0.2) is 48.7 Å². The van der Waals surface area contributed by atoms with Crippen LogP contribution >= 0.6 is 0 Å². The van der Waals surface area contributed by atoms with Crippen molar-refractivity contribution in [1.29, 1.82) is 0 Å². The molecule has 0 bridgehead atoms. The molecule has 1 aromatic heterocycles. The third-order valence-corrected chi connectivity index (χ3v) is 3.92. The third kappa shape index (κ3) is 4.11. The van der Waals surface area contributed by atoms with Crippen LogP contribution in [-0.2, 0) is 11.3 Å². The monoisotopic (exact) mass is 326 g/mol. The van der Waals surface area contributed by atoms with Gasteiger partial charge in [-0.1, -0.05) is 30.3 Å². The average molecular weight is 326 g/mol. The standard InChI is InChI=1S/C19H22N2O3/c1-14-11-21(12-15(2)24-14)19(22)17-8-9-18(20-10-17)23-13-16-6-4-3-5-7-16/h3-10,14-15H,11-13H2,1-2H3/t14-,15+. The number of ether oxygens (including phenoxy) is 2. The number of hydrogen-bond donors (Lipinski definition) is 0. The van der Waals surface area contributed by atoms with E-state index in [1.165, 1.54) is 0 Å². The maximum Gasteiger partial charge on any atom is 0.255 e. The van der Waals surface area contributed by atoms with Crippen LogP contribution in [0.5, 0.6) is 5.88 Å². The molecule has 1 saturated heterocycles. The van der Waals surface area contributed by atoms with Gasteiger partial charge in [-0.05, 0) is 25.5 Å². The summed E-state index contributed by atoms with van der Waals surface area (Å²) in [7, 11) is 0. The lowest BCUT2D eigenvalue weighted by molar-refractivity contribution is -0.0586. The third-order valence-electron chi connectivity index (χ3n) is 3.92. The van der Waals surface area contributed by atoms with E-state index in [4.69, 9.17) is 9.47 Å². The lowest BCUT2D eigenvalue weighted by Crippen LogP contribution is -2.48.